The van der Waals surface area contributed by atoms with E-state index in [2.05, 4.69) is 21.7 Å². The molecule has 0 atom stereocenters. The molecule has 20 heavy (non-hydrogen) atoms. The summed E-state index contributed by atoms with van der Waals surface area (Å²) < 4.78 is 23.4. The van der Waals surface area contributed by atoms with Crippen LogP contribution in [0.4, 0.5) is 0 Å². The van der Waals surface area contributed by atoms with Crippen LogP contribution in [0.1, 0.15) is 31.2 Å². The third-order valence-electron chi connectivity index (χ3n) is 4.67. The monoisotopic (exact) mass is 314 g/mol. The molecule has 4 nitrogen and oxygen atoms in total. The van der Waals surface area contributed by atoms with Crippen molar-refractivity contribution in [3.05, 3.63) is 22.4 Å². The molecular weight excluding hydrogens is 292 g/mol. The van der Waals surface area contributed by atoms with E-state index in [1.165, 1.54) is 18.4 Å². The number of nitrogens with two attached hydrogens (primary N) is 1. The van der Waals surface area contributed by atoms with E-state index >= 15 is 0 Å². The van der Waals surface area contributed by atoms with Crippen LogP contribution in [0.2, 0.25) is 0 Å². The van der Waals surface area contributed by atoms with Gasteiger partial charge in [0.2, 0.25) is 0 Å². The molecule has 0 spiro atoms. The first kappa shape index (κ1) is 14.5. The van der Waals surface area contributed by atoms with Crippen LogP contribution < -0.4 is 5.73 Å². The van der Waals surface area contributed by atoms with Gasteiger partial charge in [0.05, 0.1) is 11.5 Å². The Morgan fingerprint density at radius 3 is 2.55 bits per heavy atom. The smallest absolute Gasteiger partial charge is 0.150 e. The number of hydrogen-bond donors (Lipinski definition) is 1. The maximum atomic E-state index is 11.7. The molecule has 0 amide bonds. The Kier molecular flexibility index (Phi) is 3.92. The summed E-state index contributed by atoms with van der Waals surface area (Å²) in [6, 6.07) is 2.75. The zero-order chi connectivity index (χ0) is 14.2. The maximum Gasteiger partial charge on any atom is 0.150 e. The quantitative estimate of drug-likeness (QED) is 0.897. The Hall–Kier alpha value is -0.430. The summed E-state index contributed by atoms with van der Waals surface area (Å²) in [7, 11) is -2.84. The van der Waals surface area contributed by atoms with Crippen LogP contribution in [0.5, 0.6) is 0 Å². The molecule has 0 bridgehead atoms. The van der Waals surface area contributed by atoms with Crippen LogP contribution in [0.15, 0.2) is 16.8 Å². The van der Waals surface area contributed by atoms with E-state index in [1.807, 2.05) is 0 Å². The second kappa shape index (κ2) is 5.40. The minimum absolute atomic E-state index is 0.117. The molecule has 2 fully saturated rings. The molecule has 3 rings (SSSR count). The Morgan fingerprint density at radius 1 is 1.35 bits per heavy atom. The average Bonchev–Trinajstić information content (AvgIpc) is 3.14. The van der Waals surface area contributed by atoms with Crippen LogP contribution in [0.25, 0.3) is 0 Å². The van der Waals surface area contributed by atoms with Gasteiger partial charge in [-0.15, -0.1) is 0 Å². The van der Waals surface area contributed by atoms with Gasteiger partial charge < -0.3 is 5.73 Å². The van der Waals surface area contributed by atoms with Crippen molar-refractivity contribution < 1.29 is 8.42 Å². The van der Waals surface area contributed by atoms with Gasteiger partial charge in [-0.05, 0) is 48.1 Å². The van der Waals surface area contributed by atoms with Crippen molar-refractivity contribution in [3.63, 3.8) is 0 Å². The zero-order valence-electron chi connectivity index (χ0n) is 11.6. The molecule has 0 aromatic carbocycles. The molecular formula is C14H22N2O2S2. The lowest BCUT2D eigenvalue weighted by Gasteiger charge is -2.46. The van der Waals surface area contributed by atoms with Crippen LogP contribution in [-0.2, 0) is 16.4 Å². The third-order valence-corrected chi connectivity index (χ3v) is 7.05. The lowest BCUT2D eigenvalue weighted by molar-refractivity contribution is 0.0661. The minimum Gasteiger partial charge on any atom is -0.329 e. The van der Waals surface area contributed by atoms with Crippen molar-refractivity contribution >= 4 is 21.2 Å². The second-order valence-electron chi connectivity index (χ2n) is 6.07. The van der Waals surface area contributed by atoms with Crippen LogP contribution in [-0.4, -0.2) is 42.9 Å². The van der Waals surface area contributed by atoms with Gasteiger partial charge in [0.1, 0.15) is 9.84 Å². The molecule has 1 aromatic heterocycles. The Labute approximate surface area is 124 Å². The topological polar surface area (TPSA) is 63.4 Å². The summed E-state index contributed by atoms with van der Waals surface area (Å²) in [6.07, 6.45) is 3.82. The molecule has 0 radical (unpaired) electrons. The first-order valence-electron chi connectivity index (χ1n) is 7.23. The molecule has 2 aliphatic rings. The van der Waals surface area contributed by atoms with Crippen molar-refractivity contribution in [1.82, 2.24) is 4.90 Å². The van der Waals surface area contributed by atoms with E-state index in [0.29, 0.717) is 25.4 Å². The maximum absolute atomic E-state index is 11.7. The van der Waals surface area contributed by atoms with E-state index in [-0.39, 0.29) is 17.0 Å². The highest BCUT2D eigenvalue weighted by Crippen LogP contribution is 2.39. The fourth-order valence-corrected chi connectivity index (χ4v) is 5.42. The van der Waals surface area contributed by atoms with Gasteiger partial charge in [-0.1, -0.05) is 0 Å². The summed E-state index contributed by atoms with van der Waals surface area (Å²) >= 11 is 1.71. The summed E-state index contributed by atoms with van der Waals surface area (Å²) in [6.45, 7) is 1.47. The van der Waals surface area contributed by atoms with E-state index in [9.17, 15) is 8.42 Å². The molecule has 2 N–H and O–H groups in total. The average molecular weight is 314 g/mol. The molecule has 1 saturated heterocycles. The van der Waals surface area contributed by atoms with Gasteiger partial charge in [0.15, 0.2) is 0 Å². The van der Waals surface area contributed by atoms with Crippen LogP contribution >= 0.6 is 11.3 Å². The van der Waals surface area contributed by atoms with Gasteiger partial charge in [0, 0.05) is 24.7 Å². The Bertz CT molecular complexity index is 536. The summed E-state index contributed by atoms with van der Waals surface area (Å²) in [5.41, 5.74) is 7.29. The van der Waals surface area contributed by atoms with E-state index < -0.39 is 9.84 Å². The number of hydrogen-bond acceptors (Lipinski definition) is 5. The number of nitrogens with zero attached hydrogens (tertiary/aromatic N) is 1. The Balaban J connectivity index is 1.81. The molecule has 1 aliphatic carbocycles. The highest BCUT2D eigenvalue weighted by atomic mass is 32.2. The number of sulfone groups is 1. The van der Waals surface area contributed by atoms with Crippen molar-refractivity contribution in [2.75, 3.05) is 18.1 Å². The molecule has 2 heterocycles. The predicted molar refractivity (Wildman–Crippen MR) is 82.6 cm³/mol. The van der Waals surface area contributed by atoms with Crippen molar-refractivity contribution in [2.45, 2.75) is 43.8 Å². The van der Waals surface area contributed by atoms with Crippen molar-refractivity contribution in [2.24, 2.45) is 5.73 Å². The zero-order valence-corrected chi connectivity index (χ0v) is 13.3. The molecule has 6 heteroatoms. The predicted octanol–water partition coefficient (Wildman–Crippen LogP) is 1.62. The van der Waals surface area contributed by atoms with Crippen molar-refractivity contribution in [1.29, 1.82) is 0 Å². The van der Waals surface area contributed by atoms with E-state index in [0.717, 1.165) is 6.54 Å². The molecule has 0 unspecified atom stereocenters. The standard InChI is InChI=1S/C14H22N2O2S2/c15-11-14(4-7-20(17,18)8-5-14)16(13-1-2-13)9-12-3-6-19-10-12/h3,6,10,13H,1-2,4-5,7-9,11,15H2. The highest BCUT2D eigenvalue weighted by Gasteiger charge is 2.46. The molecule has 1 aromatic rings. The van der Waals surface area contributed by atoms with Crippen LogP contribution in [0, 0.1) is 0 Å². The SMILES string of the molecule is NCC1(N(Cc2ccsc2)C2CC2)CCS(=O)(=O)CC1. The normalized spacial score (nSPS) is 24.9. The van der Waals surface area contributed by atoms with E-state index in [4.69, 9.17) is 5.73 Å². The second-order valence-corrected chi connectivity index (χ2v) is 9.15. The highest BCUT2D eigenvalue weighted by molar-refractivity contribution is 7.91. The fourth-order valence-electron chi connectivity index (χ4n) is 3.18. The minimum atomic E-state index is -2.84. The Morgan fingerprint density at radius 2 is 2.05 bits per heavy atom. The first-order valence-corrected chi connectivity index (χ1v) is 9.99. The largest absolute Gasteiger partial charge is 0.329 e. The summed E-state index contributed by atoms with van der Waals surface area (Å²) in [4.78, 5) is 2.50. The third kappa shape index (κ3) is 2.93. The molecule has 1 saturated carbocycles. The van der Waals surface area contributed by atoms with Gasteiger partial charge in [-0.3, -0.25) is 4.90 Å². The molecule has 1 aliphatic heterocycles. The van der Waals surface area contributed by atoms with Gasteiger partial charge in [0.25, 0.3) is 0 Å². The lowest BCUT2D eigenvalue weighted by atomic mass is 9.89. The van der Waals surface area contributed by atoms with Crippen molar-refractivity contribution in [3.8, 4) is 0 Å². The van der Waals surface area contributed by atoms with Gasteiger partial charge in [-0.2, -0.15) is 11.3 Å². The fraction of sp³-hybridized carbons (Fsp3) is 0.714. The number of thiophene rings is 1. The van der Waals surface area contributed by atoms with E-state index in [1.54, 1.807) is 11.3 Å². The lowest BCUT2D eigenvalue weighted by Crippen LogP contribution is -2.58. The summed E-state index contributed by atoms with van der Waals surface area (Å²) in [5.74, 6) is 0.577. The van der Waals surface area contributed by atoms with Gasteiger partial charge >= 0.3 is 0 Å². The number of rotatable bonds is 5. The van der Waals surface area contributed by atoms with Crippen LogP contribution in [0.3, 0.4) is 0 Å². The van der Waals surface area contributed by atoms with Gasteiger partial charge in [-0.25, -0.2) is 8.42 Å². The first-order chi connectivity index (χ1) is 9.55. The summed E-state index contributed by atoms with van der Waals surface area (Å²) in [5, 5.41) is 4.28. The molecule has 112 valence electrons.